The van der Waals surface area contributed by atoms with E-state index in [-0.39, 0.29) is 11.5 Å². The Kier molecular flexibility index (Phi) is 7.46. The van der Waals surface area contributed by atoms with Crippen LogP contribution in [0.4, 0.5) is 0 Å². The summed E-state index contributed by atoms with van der Waals surface area (Å²) < 4.78 is 4.85. The molecule has 106 valence electrons. The highest BCUT2D eigenvalue weighted by molar-refractivity contribution is 5.69. The number of ether oxygens (including phenoxy) is 1. The van der Waals surface area contributed by atoms with Crippen molar-refractivity contribution in [2.45, 2.75) is 51.9 Å². The highest BCUT2D eigenvalue weighted by Gasteiger charge is 2.01. The van der Waals surface area contributed by atoms with Gasteiger partial charge in [0.2, 0.25) is 0 Å². The van der Waals surface area contributed by atoms with Crippen LogP contribution in [0.25, 0.3) is 0 Å². The van der Waals surface area contributed by atoms with Gasteiger partial charge < -0.3 is 9.72 Å². The van der Waals surface area contributed by atoms with Crippen molar-refractivity contribution in [3.8, 4) is 0 Å². The number of unbranched alkanes of at least 4 members (excludes halogenated alkanes) is 4. The molecule has 19 heavy (non-hydrogen) atoms. The summed E-state index contributed by atoms with van der Waals surface area (Å²) in [7, 11) is 0. The zero-order valence-corrected chi connectivity index (χ0v) is 11.4. The number of carbonyl (C=O) groups is 1. The van der Waals surface area contributed by atoms with Crippen molar-refractivity contribution in [2.75, 3.05) is 6.61 Å². The molecule has 1 heterocycles. The van der Waals surface area contributed by atoms with Gasteiger partial charge in [-0.2, -0.15) is 5.10 Å². The van der Waals surface area contributed by atoms with Crippen molar-refractivity contribution >= 4 is 5.97 Å². The molecule has 0 bridgehead atoms. The number of carbonyl (C=O) groups excluding carboxylic acids is 1. The molecule has 0 spiro atoms. The predicted molar refractivity (Wildman–Crippen MR) is 70.7 cm³/mol. The van der Waals surface area contributed by atoms with E-state index >= 15 is 0 Å². The van der Waals surface area contributed by atoms with E-state index in [1.165, 1.54) is 6.20 Å². The number of aromatic amines is 1. The Hall–Kier alpha value is -1.72. The summed E-state index contributed by atoms with van der Waals surface area (Å²) in [4.78, 5) is 24.7. The number of hydrogen-bond donors (Lipinski definition) is 1. The molecule has 0 saturated carbocycles. The molecular weight excluding hydrogens is 246 g/mol. The lowest BCUT2D eigenvalue weighted by molar-refractivity contribution is -0.143. The maximum Gasteiger partial charge on any atom is 0.305 e. The van der Waals surface area contributed by atoms with Gasteiger partial charge in [-0.3, -0.25) is 9.59 Å². The molecule has 6 nitrogen and oxygen atoms in total. The lowest BCUT2D eigenvalue weighted by Crippen LogP contribution is -2.11. The van der Waals surface area contributed by atoms with Gasteiger partial charge in [0.05, 0.1) is 6.61 Å². The van der Waals surface area contributed by atoms with E-state index in [9.17, 15) is 9.59 Å². The topological polar surface area (TPSA) is 84.9 Å². The Morgan fingerprint density at radius 2 is 2.00 bits per heavy atom. The maximum absolute atomic E-state index is 11.1. The molecule has 0 unspecified atom stereocenters. The molecule has 1 N–H and O–H groups in total. The predicted octanol–water partition coefficient (Wildman–Crippen LogP) is 1.61. The fourth-order valence-corrected chi connectivity index (χ4v) is 1.79. The lowest BCUT2D eigenvalue weighted by atomic mass is 10.1. The van der Waals surface area contributed by atoms with E-state index in [2.05, 4.69) is 15.2 Å². The van der Waals surface area contributed by atoms with Crippen LogP contribution >= 0.6 is 0 Å². The van der Waals surface area contributed by atoms with E-state index in [0.29, 0.717) is 18.9 Å². The SMILES string of the molecule is CCOC(=O)CCCCCCCc1nncc(=O)[nH]1. The summed E-state index contributed by atoms with van der Waals surface area (Å²) in [5, 5.41) is 7.45. The Morgan fingerprint density at radius 1 is 1.26 bits per heavy atom. The molecule has 0 aliphatic carbocycles. The van der Waals surface area contributed by atoms with Gasteiger partial charge in [-0.1, -0.05) is 19.3 Å². The van der Waals surface area contributed by atoms with E-state index in [1.807, 2.05) is 6.92 Å². The summed E-state index contributed by atoms with van der Waals surface area (Å²) in [6, 6.07) is 0. The van der Waals surface area contributed by atoms with Gasteiger partial charge in [0.25, 0.3) is 5.56 Å². The second kappa shape index (κ2) is 9.24. The van der Waals surface area contributed by atoms with Crippen LogP contribution in [0, 0.1) is 0 Å². The normalized spacial score (nSPS) is 10.4. The van der Waals surface area contributed by atoms with Crippen LogP contribution in [0.1, 0.15) is 51.3 Å². The lowest BCUT2D eigenvalue weighted by Gasteiger charge is -2.02. The van der Waals surface area contributed by atoms with E-state index in [0.717, 1.165) is 38.5 Å². The molecule has 1 aromatic rings. The number of aromatic nitrogens is 3. The summed E-state index contributed by atoms with van der Waals surface area (Å²) in [5.74, 6) is 0.527. The molecule has 0 atom stereocenters. The average molecular weight is 267 g/mol. The first-order valence-electron chi connectivity index (χ1n) is 6.79. The van der Waals surface area contributed by atoms with Crippen LogP contribution < -0.4 is 5.56 Å². The summed E-state index contributed by atoms with van der Waals surface area (Å²) in [6.45, 7) is 2.27. The van der Waals surface area contributed by atoms with Gasteiger partial charge >= 0.3 is 5.97 Å². The first-order chi connectivity index (χ1) is 9.22. The van der Waals surface area contributed by atoms with Crippen LogP contribution in [-0.4, -0.2) is 27.8 Å². The van der Waals surface area contributed by atoms with Gasteiger partial charge in [-0.05, 0) is 19.8 Å². The Balaban J connectivity index is 2.00. The maximum atomic E-state index is 11.1. The Labute approximate surface area is 112 Å². The van der Waals surface area contributed by atoms with Crippen molar-refractivity contribution in [1.82, 2.24) is 15.2 Å². The second-order valence-corrected chi connectivity index (χ2v) is 4.35. The van der Waals surface area contributed by atoms with E-state index in [1.54, 1.807) is 0 Å². The van der Waals surface area contributed by atoms with Gasteiger partial charge in [0, 0.05) is 12.8 Å². The third kappa shape index (κ3) is 7.33. The van der Waals surface area contributed by atoms with Crippen molar-refractivity contribution in [3.63, 3.8) is 0 Å². The van der Waals surface area contributed by atoms with Crippen LogP contribution in [0.15, 0.2) is 11.0 Å². The molecule has 0 aliphatic rings. The average Bonchev–Trinajstić information content (AvgIpc) is 2.38. The van der Waals surface area contributed by atoms with Gasteiger partial charge in [0.15, 0.2) is 0 Å². The van der Waals surface area contributed by atoms with E-state index < -0.39 is 0 Å². The molecule has 6 heteroatoms. The zero-order chi connectivity index (χ0) is 13.9. The number of rotatable bonds is 9. The smallest absolute Gasteiger partial charge is 0.305 e. The first kappa shape index (κ1) is 15.3. The minimum absolute atomic E-state index is 0.111. The highest BCUT2D eigenvalue weighted by atomic mass is 16.5. The number of esters is 1. The summed E-state index contributed by atoms with van der Waals surface area (Å²) in [6.07, 6.45) is 7.40. The number of aryl methyl sites for hydroxylation is 1. The standard InChI is InChI=1S/C13H21N3O3/c1-2-19-13(18)9-7-5-3-4-6-8-11-15-12(17)10-14-16-11/h10H,2-9H2,1H3,(H,15,16,17). The van der Waals surface area contributed by atoms with Crippen LogP contribution in [0.2, 0.25) is 0 Å². The highest BCUT2D eigenvalue weighted by Crippen LogP contribution is 2.07. The zero-order valence-electron chi connectivity index (χ0n) is 11.4. The molecule has 0 aromatic carbocycles. The summed E-state index contributed by atoms with van der Waals surface area (Å²) >= 11 is 0. The monoisotopic (exact) mass is 267 g/mol. The number of nitrogens with zero attached hydrogens (tertiary/aromatic N) is 2. The quantitative estimate of drug-likeness (QED) is 0.542. The fourth-order valence-electron chi connectivity index (χ4n) is 1.79. The largest absolute Gasteiger partial charge is 0.466 e. The third-order valence-electron chi connectivity index (χ3n) is 2.72. The minimum Gasteiger partial charge on any atom is -0.466 e. The molecule has 1 rings (SSSR count). The molecule has 1 aromatic heterocycles. The first-order valence-corrected chi connectivity index (χ1v) is 6.79. The van der Waals surface area contributed by atoms with Crippen LogP contribution in [0.3, 0.4) is 0 Å². The fraction of sp³-hybridized carbons (Fsp3) is 0.692. The molecule has 0 aliphatic heterocycles. The van der Waals surface area contributed by atoms with Gasteiger partial charge in [0.1, 0.15) is 12.0 Å². The van der Waals surface area contributed by atoms with Gasteiger partial charge in [-0.15, -0.1) is 5.10 Å². The molecule has 0 saturated heterocycles. The summed E-state index contributed by atoms with van der Waals surface area (Å²) in [5.41, 5.74) is -0.209. The molecular formula is C13H21N3O3. The van der Waals surface area contributed by atoms with Crippen LogP contribution in [-0.2, 0) is 16.0 Å². The molecule has 0 amide bonds. The van der Waals surface area contributed by atoms with E-state index in [4.69, 9.17) is 4.74 Å². The van der Waals surface area contributed by atoms with Crippen molar-refractivity contribution in [3.05, 3.63) is 22.4 Å². The molecule has 0 radical (unpaired) electrons. The minimum atomic E-state index is -0.209. The van der Waals surface area contributed by atoms with Crippen molar-refractivity contribution in [2.24, 2.45) is 0 Å². The van der Waals surface area contributed by atoms with Crippen molar-refractivity contribution < 1.29 is 9.53 Å². The van der Waals surface area contributed by atoms with Crippen LogP contribution in [0.5, 0.6) is 0 Å². The number of H-pyrrole nitrogens is 1. The van der Waals surface area contributed by atoms with Gasteiger partial charge in [-0.25, -0.2) is 0 Å². The molecule has 0 fully saturated rings. The number of hydrogen-bond acceptors (Lipinski definition) is 5. The Bertz CT molecular complexity index is 431. The second-order valence-electron chi connectivity index (χ2n) is 4.35. The third-order valence-corrected chi connectivity index (χ3v) is 2.72. The number of nitrogens with one attached hydrogen (secondary N) is 1. The van der Waals surface area contributed by atoms with Crippen molar-refractivity contribution in [1.29, 1.82) is 0 Å². The Morgan fingerprint density at radius 3 is 2.74 bits per heavy atom.